The minimum absolute atomic E-state index is 0.00240. The maximum absolute atomic E-state index is 6.30. The average Bonchev–Trinajstić information content (AvgIpc) is 3.52. The SMILES string of the molecule is CC(C)(C)c1ccnc(-n2c3ccccc3c3ccc(Oc4cccc(B5Nc6ccccc6O5)c4)nc32)c1. The molecule has 0 atom stereocenters. The fourth-order valence-electron chi connectivity index (χ4n) is 5.12. The van der Waals surface area contributed by atoms with Gasteiger partial charge in [0.1, 0.15) is 17.3 Å². The molecule has 6 nitrogen and oxygen atoms in total. The highest BCUT2D eigenvalue weighted by Gasteiger charge is 2.30. The molecule has 0 saturated carbocycles. The standard InChI is InChI=1S/C32H27BN4O2/c1-32(2,3)21-17-18-34-29(19-21)37-27-13-6-4-11-24(27)25-15-16-30(35-31(25)37)38-23-10-8-9-22(20-23)33-36-26-12-5-7-14-28(26)39-33/h4-20,36H,1-3H3. The lowest BCUT2D eigenvalue weighted by molar-refractivity contribution is 0.465. The number of hydrogen-bond acceptors (Lipinski definition) is 5. The van der Waals surface area contributed by atoms with Gasteiger partial charge in [0.2, 0.25) is 5.88 Å². The molecule has 0 fully saturated rings. The van der Waals surface area contributed by atoms with Gasteiger partial charge in [-0.3, -0.25) is 4.57 Å². The van der Waals surface area contributed by atoms with Crippen LogP contribution < -0.4 is 20.1 Å². The van der Waals surface area contributed by atoms with Crippen LogP contribution >= 0.6 is 0 Å². The molecule has 6 aromatic rings. The summed E-state index contributed by atoms with van der Waals surface area (Å²) in [6, 6.07) is 32.4. The molecule has 0 aliphatic carbocycles. The minimum atomic E-state index is -0.273. The molecule has 1 N–H and O–H groups in total. The highest BCUT2D eigenvalue weighted by atomic mass is 16.5. The molecule has 0 amide bonds. The Morgan fingerprint density at radius 1 is 0.846 bits per heavy atom. The molecule has 3 aromatic carbocycles. The number of hydrogen-bond donors (Lipinski definition) is 1. The number of ether oxygens (including phenoxy) is 1. The minimum Gasteiger partial charge on any atom is -0.536 e. The summed E-state index contributed by atoms with van der Waals surface area (Å²) in [7, 11) is -0.273. The first-order valence-electron chi connectivity index (χ1n) is 13.1. The van der Waals surface area contributed by atoms with Crippen molar-refractivity contribution in [2.75, 3.05) is 5.23 Å². The van der Waals surface area contributed by atoms with Crippen LogP contribution in [0, 0.1) is 0 Å². The van der Waals surface area contributed by atoms with Crippen LogP contribution in [0.4, 0.5) is 5.69 Å². The summed E-state index contributed by atoms with van der Waals surface area (Å²) in [6.07, 6.45) is 1.87. The molecule has 0 saturated heterocycles. The summed E-state index contributed by atoms with van der Waals surface area (Å²) in [4.78, 5) is 9.73. The van der Waals surface area contributed by atoms with Crippen molar-refractivity contribution in [2.24, 2.45) is 0 Å². The first-order valence-corrected chi connectivity index (χ1v) is 13.1. The maximum Gasteiger partial charge on any atom is 0.517 e. The summed E-state index contributed by atoms with van der Waals surface area (Å²) in [6.45, 7) is 6.63. The predicted molar refractivity (Wildman–Crippen MR) is 158 cm³/mol. The van der Waals surface area contributed by atoms with E-state index in [9.17, 15) is 0 Å². The van der Waals surface area contributed by atoms with Crippen molar-refractivity contribution < 1.29 is 9.39 Å². The Bertz CT molecular complexity index is 1830. The number of rotatable bonds is 4. The molecule has 0 bridgehead atoms. The molecule has 3 aromatic heterocycles. The Labute approximate surface area is 227 Å². The smallest absolute Gasteiger partial charge is 0.517 e. The summed E-state index contributed by atoms with van der Waals surface area (Å²) in [5.74, 6) is 2.89. The molecular formula is C32H27BN4O2. The summed E-state index contributed by atoms with van der Waals surface area (Å²) in [5.41, 5.74) is 5.04. The number of nitrogens with one attached hydrogen (secondary N) is 1. The van der Waals surface area contributed by atoms with Crippen LogP contribution in [-0.2, 0) is 5.41 Å². The Hall–Kier alpha value is -4.78. The Morgan fingerprint density at radius 2 is 1.69 bits per heavy atom. The van der Waals surface area contributed by atoms with E-state index in [1.165, 1.54) is 5.56 Å². The largest absolute Gasteiger partial charge is 0.536 e. The van der Waals surface area contributed by atoms with E-state index in [0.717, 1.165) is 44.7 Å². The second-order valence-corrected chi connectivity index (χ2v) is 10.8. The van der Waals surface area contributed by atoms with Crippen LogP contribution in [0.5, 0.6) is 17.4 Å². The molecular weight excluding hydrogens is 483 g/mol. The van der Waals surface area contributed by atoms with E-state index in [2.05, 4.69) is 67.0 Å². The maximum atomic E-state index is 6.30. The summed E-state index contributed by atoms with van der Waals surface area (Å²) < 4.78 is 14.5. The van der Waals surface area contributed by atoms with Gasteiger partial charge in [0.15, 0.2) is 5.65 Å². The predicted octanol–water partition coefficient (Wildman–Crippen LogP) is 6.86. The highest BCUT2D eigenvalue weighted by Crippen LogP contribution is 2.34. The van der Waals surface area contributed by atoms with Gasteiger partial charge in [-0.05, 0) is 65.0 Å². The van der Waals surface area contributed by atoms with E-state index in [1.807, 2.05) is 66.9 Å². The molecule has 190 valence electrons. The highest BCUT2D eigenvalue weighted by molar-refractivity contribution is 6.72. The molecule has 1 aliphatic rings. The van der Waals surface area contributed by atoms with Crippen LogP contribution in [0.3, 0.4) is 0 Å². The van der Waals surface area contributed by atoms with Crippen molar-refractivity contribution in [1.29, 1.82) is 0 Å². The number of pyridine rings is 2. The van der Waals surface area contributed by atoms with Gasteiger partial charge in [-0.25, -0.2) is 4.98 Å². The van der Waals surface area contributed by atoms with Crippen LogP contribution in [-0.4, -0.2) is 21.6 Å². The van der Waals surface area contributed by atoms with Crippen molar-refractivity contribution in [3.05, 3.63) is 109 Å². The first-order chi connectivity index (χ1) is 18.9. The number of anilines is 1. The van der Waals surface area contributed by atoms with Gasteiger partial charge in [0.05, 0.1) is 11.2 Å². The van der Waals surface area contributed by atoms with E-state index in [4.69, 9.17) is 19.4 Å². The monoisotopic (exact) mass is 510 g/mol. The van der Waals surface area contributed by atoms with Gasteiger partial charge < -0.3 is 14.6 Å². The molecule has 4 heterocycles. The third-order valence-electron chi connectivity index (χ3n) is 7.14. The lowest BCUT2D eigenvalue weighted by atomic mass is 9.74. The fraction of sp³-hybridized carbons (Fsp3) is 0.125. The van der Waals surface area contributed by atoms with E-state index >= 15 is 0 Å². The number of nitrogens with zero attached hydrogens (tertiary/aromatic N) is 3. The topological polar surface area (TPSA) is 61.2 Å². The first kappa shape index (κ1) is 23.3. The number of benzene rings is 3. The van der Waals surface area contributed by atoms with Gasteiger partial charge in [-0.1, -0.05) is 63.2 Å². The van der Waals surface area contributed by atoms with E-state index < -0.39 is 0 Å². The number of para-hydroxylation sites is 3. The van der Waals surface area contributed by atoms with Gasteiger partial charge in [0.25, 0.3) is 0 Å². The lowest BCUT2D eigenvalue weighted by Crippen LogP contribution is -2.40. The van der Waals surface area contributed by atoms with Gasteiger partial charge >= 0.3 is 7.05 Å². The zero-order chi connectivity index (χ0) is 26.6. The summed E-state index contributed by atoms with van der Waals surface area (Å²) in [5, 5.41) is 5.60. The van der Waals surface area contributed by atoms with E-state index in [0.29, 0.717) is 11.6 Å². The third kappa shape index (κ3) is 4.16. The molecule has 0 spiro atoms. The number of aromatic nitrogens is 3. The quantitative estimate of drug-likeness (QED) is 0.263. The van der Waals surface area contributed by atoms with Crippen molar-refractivity contribution >= 4 is 40.1 Å². The van der Waals surface area contributed by atoms with Crippen LogP contribution in [0.15, 0.2) is 103 Å². The summed E-state index contributed by atoms with van der Waals surface area (Å²) >= 11 is 0. The normalized spacial score (nSPS) is 12.8. The molecule has 39 heavy (non-hydrogen) atoms. The van der Waals surface area contributed by atoms with E-state index in [1.54, 1.807) is 0 Å². The van der Waals surface area contributed by atoms with Gasteiger partial charge in [-0.2, -0.15) is 4.98 Å². The van der Waals surface area contributed by atoms with Crippen molar-refractivity contribution in [3.63, 3.8) is 0 Å². The average molecular weight is 510 g/mol. The Balaban J connectivity index is 1.27. The third-order valence-corrected chi connectivity index (χ3v) is 7.14. The molecule has 1 aliphatic heterocycles. The van der Waals surface area contributed by atoms with Crippen molar-refractivity contribution in [3.8, 4) is 23.2 Å². The Kier molecular flexibility index (Phi) is 5.34. The van der Waals surface area contributed by atoms with Gasteiger partial charge in [0, 0.05) is 23.0 Å². The zero-order valence-corrected chi connectivity index (χ0v) is 22.1. The van der Waals surface area contributed by atoms with Gasteiger partial charge in [-0.15, -0.1) is 0 Å². The molecule has 0 radical (unpaired) electrons. The van der Waals surface area contributed by atoms with Crippen LogP contribution in [0.1, 0.15) is 26.3 Å². The molecule has 7 rings (SSSR count). The second kappa shape index (κ2) is 8.91. The Morgan fingerprint density at radius 3 is 2.56 bits per heavy atom. The lowest BCUT2D eigenvalue weighted by Gasteiger charge is -2.19. The van der Waals surface area contributed by atoms with Crippen LogP contribution in [0.2, 0.25) is 0 Å². The zero-order valence-electron chi connectivity index (χ0n) is 22.1. The van der Waals surface area contributed by atoms with Crippen molar-refractivity contribution in [2.45, 2.75) is 26.2 Å². The number of fused-ring (bicyclic) bond motifs is 4. The second-order valence-electron chi connectivity index (χ2n) is 10.8. The van der Waals surface area contributed by atoms with E-state index in [-0.39, 0.29) is 12.5 Å². The molecule has 7 heteroatoms. The molecule has 0 unspecified atom stereocenters. The van der Waals surface area contributed by atoms with Crippen LogP contribution in [0.25, 0.3) is 27.8 Å². The fourth-order valence-corrected chi connectivity index (χ4v) is 5.12. The van der Waals surface area contributed by atoms with Crippen molar-refractivity contribution in [1.82, 2.24) is 14.5 Å².